The van der Waals surface area contributed by atoms with Crippen LogP contribution in [0.5, 0.6) is 0 Å². The van der Waals surface area contributed by atoms with Gasteiger partial charge >= 0.3 is 0 Å². The molecule has 0 bridgehead atoms. The molecule has 8 rings (SSSR count). The van der Waals surface area contributed by atoms with Crippen LogP contribution in [0, 0.1) is 52.3 Å². The summed E-state index contributed by atoms with van der Waals surface area (Å²) in [5.41, 5.74) is 0.425. The maximum Gasteiger partial charge on any atom is 0.187 e. The predicted octanol–water partition coefficient (Wildman–Crippen LogP) is 1.44. The second kappa shape index (κ2) is 14.1. The summed E-state index contributed by atoms with van der Waals surface area (Å²) in [7, 11) is 0. The van der Waals surface area contributed by atoms with Gasteiger partial charge < -0.3 is 64.2 Å². The molecule has 52 heavy (non-hydrogen) atoms. The molecule has 8 fully saturated rings. The van der Waals surface area contributed by atoms with E-state index in [0.29, 0.717) is 41.4 Å². The van der Waals surface area contributed by atoms with Crippen molar-refractivity contribution in [3.8, 4) is 0 Å². The number of fused-ring (bicyclic) bond motifs is 7. The van der Waals surface area contributed by atoms with Crippen LogP contribution in [0.3, 0.4) is 0 Å². The zero-order valence-electron chi connectivity index (χ0n) is 31.2. The zero-order chi connectivity index (χ0) is 36.9. The summed E-state index contributed by atoms with van der Waals surface area (Å²) in [5, 5.41) is 72.7. The molecule has 13 heteroatoms. The van der Waals surface area contributed by atoms with Crippen molar-refractivity contribution in [2.75, 3.05) is 19.8 Å². The number of aliphatic hydroxyl groups excluding tert-OH is 7. The summed E-state index contributed by atoms with van der Waals surface area (Å²) in [5.74, 6) is 3.51. The van der Waals surface area contributed by atoms with Crippen LogP contribution >= 0.6 is 0 Å². The number of aliphatic hydroxyl groups is 7. The number of rotatable bonds is 6. The molecule has 0 aromatic heterocycles. The summed E-state index contributed by atoms with van der Waals surface area (Å²) in [6.45, 7) is 9.33. The van der Waals surface area contributed by atoms with Crippen LogP contribution in [-0.4, -0.2) is 135 Å². The lowest BCUT2D eigenvalue weighted by atomic mass is 9.44. The standard InChI is InChI=1S/C39H64O13/c1-18-7-12-39(47-17-18)19(2)28-25(52-39)14-24-22-6-5-20-13-21(8-10-37(20,3)23(22)9-11-38(24,28)4)48-36-34(32(45)30(43)27(16-41)50-36)51-35-33(46)31(44)29(42)26(15-40)49-35/h18-36,40-46H,5-17H2,1-4H3/t18-,19+,20?,21+,22-,23+,24+,25+,26-,27-,28+,29-,30+,31+,32+,33+,34-,35+,36-,37+,38+,39-/m1/s1. The molecule has 4 aliphatic carbocycles. The Morgan fingerprint density at radius 1 is 0.673 bits per heavy atom. The first kappa shape index (κ1) is 38.4. The van der Waals surface area contributed by atoms with E-state index in [-0.39, 0.29) is 23.0 Å². The third kappa shape index (κ3) is 5.98. The molecule has 0 aromatic carbocycles. The minimum atomic E-state index is -1.71. The van der Waals surface area contributed by atoms with Gasteiger partial charge in [0.05, 0.1) is 32.0 Å². The maximum absolute atomic E-state index is 11.1. The van der Waals surface area contributed by atoms with Crippen LogP contribution in [0.4, 0.5) is 0 Å². The molecule has 4 heterocycles. The molecular formula is C39H64O13. The topological polar surface area (TPSA) is 197 Å². The van der Waals surface area contributed by atoms with Crippen molar-refractivity contribution in [3.05, 3.63) is 0 Å². The third-order valence-corrected chi connectivity index (χ3v) is 16.2. The van der Waals surface area contributed by atoms with Gasteiger partial charge in [-0.2, -0.15) is 0 Å². The van der Waals surface area contributed by atoms with Crippen molar-refractivity contribution in [1.29, 1.82) is 0 Å². The normalized spacial score (nSPS) is 59.0. The second-order valence-electron chi connectivity index (χ2n) is 18.7. The van der Waals surface area contributed by atoms with E-state index >= 15 is 0 Å². The van der Waals surface area contributed by atoms with Gasteiger partial charge in [0.1, 0.15) is 48.8 Å². The summed E-state index contributed by atoms with van der Waals surface area (Å²) in [4.78, 5) is 0. The Morgan fingerprint density at radius 2 is 1.37 bits per heavy atom. The molecule has 7 N–H and O–H groups in total. The zero-order valence-corrected chi connectivity index (χ0v) is 31.2. The van der Waals surface area contributed by atoms with Gasteiger partial charge in [0.15, 0.2) is 18.4 Å². The largest absolute Gasteiger partial charge is 0.394 e. The molecule has 0 aromatic rings. The first-order chi connectivity index (χ1) is 24.7. The summed E-state index contributed by atoms with van der Waals surface area (Å²) in [6, 6.07) is 0. The van der Waals surface area contributed by atoms with Gasteiger partial charge in [0, 0.05) is 12.3 Å². The molecule has 4 saturated carbocycles. The van der Waals surface area contributed by atoms with E-state index in [1.165, 1.54) is 25.7 Å². The molecule has 13 nitrogen and oxygen atoms in total. The average molecular weight is 741 g/mol. The SMILES string of the molecule is C[C@@H]1CC[C@@]2(OC1)O[C@H]1C[C@H]3[C@@H]4CCC5C[C@@H](O[C@@H]6O[C@H](CO)[C@H](O)[C@H](O)[C@H]6O[C@@H]6O[C@H](CO)[C@@H](O)[C@H](O)[C@@H]6O)CC[C@]5(C)[C@H]4CC[C@]3(C)[C@H]1[C@@H]2C. The monoisotopic (exact) mass is 740 g/mol. The van der Waals surface area contributed by atoms with Crippen molar-refractivity contribution in [1.82, 2.24) is 0 Å². The molecule has 298 valence electrons. The van der Waals surface area contributed by atoms with Gasteiger partial charge in [0.2, 0.25) is 0 Å². The van der Waals surface area contributed by atoms with Crippen LogP contribution in [0.15, 0.2) is 0 Å². The maximum atomic E-state index is 11.1. The van der Waals surface area contributed by atoms with Crippen LogP contribution in [0.2, 0.25) is 0 Å². The first-order valence-corrected chi connectivity index (χ1v) is 20.3. The number of ether oxygens (including phenoxy) is 6. The summed E-state index contributed by atoms with van der Waals surface area (Å²) in [6.07, 6.45) is -3.88. The Bertz CT molecular complexity index is 1260. The average Bonchev–Trinajstić information content (AvgIpc) is 3.58. The van der Waals surface area contributed by atoms with Crippen LogP contribution in [0.1, 0.15) is 91.9 Å². The van der Waals surface area contributed by atoms with Gasteiger partial charge in [-0.15, -0.1) is 0 Å². The Kier molecular flexibility index (Phi) is 10.4. The van der Waals surface area contributed by atoms with Crippen molar-refractivity contribution in [3.63, 3.8) is 0 Å². The third-order valence-electron chi connectivity index (χ3n) is 16.2. The fourth-order valence-electron chi connectivity index (χ4n) is 13.2. The lowest BCUT2D eigenvalue weighted by Gasteiger charge is -2.61. The fraction of sp³-hybridized carbons (Fsp3) is 1.00. The highest BCUT2D eigenvalue weighted by Gasteiger charge is 2.69. The van der Waals surface area contributed by atoms with E-state index in [1.807, 2.05) is 0 Å². The van der Waals surface area contributed by atoms with E-state index in [2.05, 4.69) is 27.7 Å². The minimum absolute atomic E-state index is 0.168. The van der Waals surface area contributed by atoms with Crippen LogP contribution < -0.4 is 0 Å². The highest BCUT2D eigenvalue weighted by molar-refractivity contribution is 5.15. The molecule has 22 atom stereocenters. The second-order valence-corrected chi connectivity index (χ2v) is 18.7. The lowest BCUT2D eigenvalue weighted by Crippen LogP contribution is -2.65. The van der Waals surface area contributed by atoms with Crippen LogP contribution in [0.25, 0.3) is 0 Å². The first-order valence-electron chi connectivity index (χ1n) is 20.3. The molecular weight excluding hydrogens is 676 g/mol. The summed E-state index contributed by atoms with van der Waals surface area (Å²) >= 11 is 0. The smallest absolute Gasteiger partial charge is 0.187 e. The Labute approximate surface area is 307 Å². The van der Waals surface area contributed by atoms with Crippen molar-refractivity contribution >= 4 is 0 Å². The highest BCUT2D eigenvalue weighted by atomic mass is 16.8. The predicted molar refractivity (Wildman–Crippen MR) is 183 cm³/mol. The molecule has 0 radical (unpaired) electrons. The van der Waals surface area contributed by atoms with Gasteiger partial charge in [0.25, 0.3) is 0 Å². The van der Waals surface area contributed by atoms with Crippen LogP contribution in [-0.2, 0) is 28.4 Å². The van der Waals surface area contributed by atoms with Crippen molar-refractivity contribution in [2.24, 2.45) is 52.3 Å². The lowest BCUT2D eigenvalue weighted by molar-refractivity contribution is -0.373. The highest BCUT2D eigenvalue weighted by Crippen LogP contribution is 2.71. The molecule has 0 amide bonds. The quantitative estimate of drug-likeness (QED) is 0.194. The van der Waals surface area contributed by atoms with Gasteiger partial charge in [-0.3, -0.25) is 0 Å². The van der Waals surface area contributed by atoms with E-state index in [4.69, 9.17) is 28.4 Å². The minimum Gasteiger partial charge on any atom is -0.394 e. The fourth-order valence-corrected chi connectivity index (χ4v) is 13.2. The van der Waals surface area contributed by atoms with Gasteiger partial charge in [-0.05, 0) is 104 Å². The molecule has 4 aliphatic heterocycles. The molecule has 1 spiro atoms. The Balaban J connectivity index is 0.942. The Hall–Kier alpha value is -0.520. The molecule has 1 unspecified atom stereocenters. The summed E-state index contributed by atoms with van der Waals surface area (Å²) < 4.78 is 37.5. The number of hydrogen-bond donors (Lipinski definition) is 7. The van der Waals surface area contributed by atoms with E-state index in [9.17, 15) is 35.7 Å². The van der Waals surface area contributed by atoms with Gasteiger partial charge in [-0.25, -0.2) is 0 Å². The van der Waals surface area contributed by atoms with E-state index in [1.54, 1.807) is 0 Å². The van der Waals surface area contributed by atoms with Gasteiger partial charge in [-0.1, -0.05) is 27.7 Å². The van der Waals surface area contributed by atoms with Crippen molar-refractivity contribution < 1.29 is 64.2 Å². The number of hydrogen-bond acceptors (Lipinski definition) is 13. The van der Waals surface area contributed by atoms with Crippen molar-refractivity contribution in [2.45, 2.75) is 171 Å². The van der Waals surface area contributed by atoms with E-state index in [0.717, 1.165) is 45.1 Å². The van der Waals surface area contributed by atoms with E-state index < -0.39 is 80.4 Å². The Morgan fingerprint density at radius 3 is 2.06 bits per heavy atom. The molecule has 4 saturated heterocycles. The molecule has 8 aliphatic rings.